The number of carbonyl (C=O) groups excluding carboxylic acids is 1. The fourth-order valence-corrected chi connectivity index (χ4v) is 2.97. The van der Waals surface area contributed by atoms with Gasteiger partial charge in [-0.2, -0.15) is 10.4 Å². The van der Waals surface area contributed by atoms with Crippen molar-refractivity contribution < 1.29 is 4.79 Å². The minimum absolute atomic E-state index is 0.124. The zero-order chi connectivity index (χ0) is 15.8. The molecule has 0 aliphatic carbocycles. The predicted octanol–water partition coefficient (Wildman–Crippen LogP) is 1.86. The molecule has 4 rings (SSSR count). The van der Waals surface area contributed by atoms with Crippen molar-refractivity contribution in [3.63, 3.8) is 0 Å². The summed E-state index contributed by atoms with van der Waals surface area (Å²) < 4.78 is 1.77. The van der Waals surface area contributed by atoms with Crippen LogP contribution in [0.25, 0.3) is 10.9 Å². The van der Waals surface area contributed by atoms with Crippen molar-refractivity contribution >= 4 is 16.8 Å². The van der Waals surface area contributed by atoms with Crippen LogP contribution >= 0.6 is 0 Å². The van der Waals surface area contributed by atoms with Crippen LogP contribution in [0.1, 0.15) is 17.2 Å². The van der Waals surface area contributed by atoms with Crippen LogP contribution in [0.5, 0.6) is 0 Å². The van der Waals surface area contributed by atoms with Crippen LogP contribution in [0.15, 0.2) is 42.9 Å². The standard InChI is InChI=1S/C17H15N5O/c18-6-12-7-20-22(9-12)14-10-21(11-14)17(23)5-13-8-19-16-4-2-1-3-15(13)16/h1-4,7-9,14,19H,5,10-11H2. The highest BCUT2D eigenvalue weighted by molar-refractivity contribution is 5.89. The van der Waals surface area contributed by atoms with Crippen molar-refractivity contribution in [3.8, 4) is 6.07 Å². The summed E-state index contributed by atoms with van der Waals surface area (Å²) in [6.45, 7) is 1.29. The number of nitriles is 1. The molecule has 6 nitrogen and oxygen atoms in total. The number of nitrogens with zero attached hydrogens (tertiary/aromatic N) is 4. The number of hydrogen-bond donors (Lipinski definition) is 1. The largest absolute Gasteiger partial charge is 0.361 e. The fourth-order valence-electron chi connectivity index (χ4n) is 2.97. The second kappa shape index (κ2) is 5.29. The minimum atomic E-state index is 0.124. The van der Waals surface area contributed by atoms with E-state index in [0.717, 1.165) is 16.5 Å². The molecule has 0 bridgehead atoms. The van der Waals surface area contributed by atoms with E-state index in [1.165, 1.54) is 0 Å². The molecule has 1 saturated heterocycles. The first-order chi connectivity index (χ1) is 11.2. The Balaban J connectivity index is 1.41. The number of aromatic amines is 1. The monoisotopic (exact) mass is 305 g/mol. The van der Waals surface area contributed by atoms with Gasteiger partial charge in [-0.1, -0.05) is 18.2 Å². The van der Waals surface area contributed by atoms with Gasteiger partial charge in [0.05, 0.1) is 24.2 Å². The Labute approximate surface area is 132 Å². The quantitative estimate of drug-likeness (QED) is 0.802. The van der Waals surface area contributed by atoms with Gasteiger partial charge in [0.2, 0.25) is 5.91 Å². The van der Waals surface area contributed by atoms with Gasteiger partial charge in [0.1, 0.15) is 6.07 Å². The predicted molar refractivity (Wildman–Crippen MR) is 84.6 cm³/mol. The summed E-state index contributed by atoms with van der Waals surface area (Å²) >= 11 is 0. The number of nitrogens with one attached hydrogen (secondary N) is 1. The molecule has 3 heterocycles. The number of hydrogen-bond acceptors (Lipinski definition) is 3. The molecule has 1 aromatic carbocycles. The number of amides is 1. The highest BCUT2D eigenvalue weighted by Gasteiger charge is 2.32. The van der Waals surface area contributed by atoms with Gasteiger partial charge in [-0.15, -0.1) is 0 Å². The van der Waals surface area contributed by atoms with E-state index >= 15 is 0 Å². The van der Waals surface area contributed by atoms with Crippen LogP contribution in [-0.2, 0) is 11.2 Å². The molecule has 1 fully saturated rings. The molecule has 0 spiro atoms. The number of rotatable bonds is 3. The molecule has 0 atom stereocenters. The lowest BCUT2D eigenvalue weighted by Crippen LogP contribution is -2.51. The fraction of sp³-hybridized carbons (Fsp3) is 0.235. The number of aromatic nitrogens is 3. The maximum absolute atomic E-state index is 12.4. The normalized spacial score (nSPS) is 14.7. The Morgan fingerprint density at radius 3 is 3.00 bits per heavy atom. The first kappa shape index (κ1) is 13.6. The van der Waals surface area contributed by atoms with Gasteiger partial charge in [-0.25, -0.2) is 0 Å². The highest BCUT2D eigenvalue weighted by Crippen LogP contribution is 2.24. The van der Waals surface area contributed by atoms with Gasteiger partial charge in [0, 0.05) is 36.4 Å². The molecule has 1 amide bonds. The van der Waals surface area contributed by atoms with E-state index < -0.39 is 0 Å². The lowest BCUT2D eigenvalue weighted by molar-refractivity contribution is -0.136. The van der Waals surface area contributed by atoms with Crippen LogP contribution < -0.4 is 0 Å². The Hall–Kier alpha value is -3.07. The summed E-state index contributed by atoms with van der Waals surface area (Å²) in [5.41, 5.74) is 2.63. The third kappa shape index (κ3) is 2.36. The van der Waals surface area contributed by atoms with Crippen LogP contribution in [0.3, 0.4) is 0 Å². The van der Waals surface area contributed by atoms with Crippen LogP contribution in [0, 0.1) is 11.3 Å². The molecule has 0 saturated carbocycles. The van der Waals surface area contributed by atoms with E-state index in [2.05, 4.69) is 16.2 Å². The summed E-state index contributed by atoms with van der Waals surface area (Å²) in [7, 11) is 0. The molecule has 6 heteroatoms. The summed E-state index contributed by atoms with van der Waals surface area (Å²) in [6, 6.07) is 10.2. The van der Waals surface area contributed by atoms with Gasteiger partial charge >= 0.3 is 0 Å². The van der Waals surface area contributed by atoms with Crippen molar-refractivity contribution in [1.82, 2.24) is 19.7 Å². The maximum Gasteiger partial charge on any atom is 0.227 e. The number of benzene rings is 1. The Kier molecular flexibility index (Phi) is 3.12. The third-order valence-corrected chi connectivity index (χ3v) is 4.34. The van der Waals surface area contributed by atoms with E-state index in [1.54, 1.807) is 17.1 Å². The molecule has 1 aliphatic rings. The number of fused-ring (bicyclic) bond motifs is 1. The smallest absolute Gasteiger partial charge is 0.227 e. The first-order valence-corrected chi connectivity index (χ1v) is 7.51. The molecular weight excluding hydrogens is 290 g/mol. The topological polar surface area (TPSA) is 77.7 Å². The number of para-hydroxylation sites is 1. The molecule has 2 aromatic heterocycles. The van der Waals surface area contributed by atoms with Crippen LogP contribution in [0.2, 0.25) is 0 Å². The summed E-state index contributed by atoms with van der Waals surface area (Å²) in [5, 5.41) is 14.1. The Morgan fingerprint density at radius 1 is 1.39 bits per heavy atom. The summed E-state index contributed by atoms with van der Waals surface area (Å²) in [5.74, 6) is 0.124. The van der Waals surface area contributed by atoms with Crippen molar-refractivity contribution in [2.45, 2.75) is 12.5 Å². The van der Waals surface area contributed by atoms with Gasteiger partial charge in [-0.05, 0) is 11.6 Å². The van der Waals surface area contributed by atoms with E-state index in [-0.39, 0.29) is 11.9 Å². The van der Waals surface area contributed by atoms with Gasteiger partial charge in [0.25, 0.3) is 0 Å². The molecule has 23 heavy (non-hydrogen) atoms. The van der Waals surface area contributed by atoms with E-state index in [0.29, 0.717) is 25.1 Å². The number of H-pyrrole nitrogens is 1. The molecule has 0 radical (unpaired) electrons. The zero-order valence-electron chi connectivity index (χ0n) is 12.4. The van der Waals surface area contributed by atoms with Crippen molar-refractivity contribution in [3.05, 3.63) is 54.0 Å². The molecular formula is C17H15N5O. The van der Waals surface area contributed by atoms with Crippen LogP contribution in [-0.4, -0.2) is 38.7 Å². The van der Waals surface area contributed by atoms with Crippen molar-refractivity contribution in [2.75, 3.05) is 13.1 Å². The molecule has 1 N–H and O–H groups in total. The second-order valence-electron chi connectivity index (χ2n) is 5.81. The molecule has 0 unspecified atom stereocenters. The van der Waals surface area contributed by atoms with Crippen molar-refractivity contribution in [2.24, 2.45) is 0 Å². The first-order valence-electron chi connectivity index (χ1n) is 7.51. The Morgan fingerprint density at radius 2 is 2.22 bits per heavy atom. The number of carbonyl (C=O) groups is 1. The lowest BCUT2D eigenvalue weighted by atomic mass is 10.1. The zero-order valence-corrected chi connectivity index (χ0v) is 12.4. The third-order valence-electron chi connectivity index (χ3n) is 4.34. The van der Waals surface area contributed by atoms with E-state index in [4.69, 9.17) is 5.26 Å². The van der Waals surface area contributed by atoms with E-state index in [1.807, 2.05) is 35.4 Å². The van der Waals surface area contributed by atoms with Crippen LogP contribution in [0.4, 0.5) is 0 Å². The van der Waals surface area contributed by atoms with Gasteiger partial charge < -0.3 is 9.88 Å². The maximum atomic E-state index is 12.4. The van der Waals surface area contributed by atoms with E-state index in [9.17, 15) is 4.79 Å². The molecule has 3 aromatic rings. The summed E-state index contributed by atoms with van der Waals surface area (Å²) in [4.78, 5) is 17.4. The Bertz CT molecular complexity index is 910. The SMILES string of the molecule is N#Cc1cnn(C2CN(C(=O)Cc3c[nH]c4ccccc34)C2)c1. The second-order valence-corrected chi connectivity index (χ2v) is 5.81. The highest BCUT2D eigenvalue weighted by atomic mass is 16.2. The van der Waals surface area contributed by atoms with Gasteiger partial charge in [0.15, 0.2) is 0 Å². The average Bonchev–Trinajstić information content (AvgIpc) is 3.14. The molecule has 114 valence electrons. The average molecular weight is 305 g/mol. The minimum Gasteiger partial charge on any atom is -0.361 e. The van der Waals surface area contributed by atoms with Gasteiger partial charge in [-0.3, -0.25) is 9.48 Å². The summed E-state index contributed by atoms with van der Waals surface area (Å²) in [6.07, 6.45) is 5.59. The number of likely N-dealkylation sites (tertiary alicyclic amines) is 1. The van der Waals surface area contributed by atoms with Crippen molar-refractivity contribution in [1.29, 1.82) is 5.26 Å². The molecule has 1 aliphatic heterocycles. The lowest BCUT2D eigenvalue weighted by Gasteiger charge is -2.39.